The molecule has 0 radical (unpaired) electrons. The molecule has 2 amide bonds. The van der Waals surface area contributed by atoms with E-state index >= 15 is 0 Å². The molecule has 1 saturated carbocycles. The van der Waals surface area contributed by atoms with Gasteiger partial charge in [-0.1, -0.05) is 61.3 Å². The molecule has 0 aromatic heterocycles. The van der Waals surface area contributed by atoms with Gasteiger partial charge in [-0.15, -0.1) is 0 Å². The predicted octanol–water partition coefficient (Wildman–Crippen LogP) is 6.32. The number of hydrogen-bond donors (Lipinski definition) is 1. The maximum atomic E-state index is 14.3. The second-order valence-corrected chi connectivity index (χ2v) is 11.5. The van der Waals surface area contributed by atoms with Gasteiger partial charge in [0.05, 0.1) is 17.9 Å². The molecule has 2 aliphatic rings. The van der Waals surface area contributed by atoms with Crippen LogP contribution in [0.15, 0.2) is 48.5 Å². The zero-order chi connectivity index (χ0) is 26.9. The highest BCUT2D eigenvalue weighted by Gasteiger charge is 2.52. The summed E-state index contributed by atoms with van der Waals surface area (Å²) in [6.45, 7) is 5.75. The van der Waals surface area contributed by atoms with E-state index in [0.717, 1.165) is 24.0 Å². The highest BCUT2D eigenvalue weighted by molar-refractivity contribution is 6.30. The van der Waals surface area contributed by atoms with Crippen molar-refractivity contribution >= 4 is 41.0 Å². The van der Waals surface area contributed by atoms with Crippen LogP contribution in [0.1, 0.15) is 76.0 Å². The molecule has 8 heteroatoms. The molecule has 1 N–H and O–H groups in total. The molecule has 4 rings (SSSR count). The van der Waals surface area contributed by atoms with Crippen LogP contribution in [0.4, 0.5) is 0 Å². The topological polar surface area (TPSA) is 77.9 Å². The number of rotatable bonds is 9. The van der Waals surface area contributed by atoms with Gasteiger partial charge in [0.2, 0.25) is 11.8 Å². The van der Waals surface area contributed by atoms with E-state index in [-0.39, 0.29) is 42.3 Å². The number of benzene rings is 2. The Kier molecular flexibility index (Phi) is 8.20. The Hall–Kier alpha value is -2.57. The van der Waals surface area contributed by atoms with Crippen molar-refractivity contribution in [3.63, 3.8) is 0 Å². The Balaban J connectivity index is 1.87. The van der Waals surface area contributed by atoms with E-state index in [1.165, 1.54) is 0 Å². The van der Waals surface area contributed by atoms with E-state index in [0.29, 0.717) is 29.4 Å². The third-order valence-electron chi connectivity index (χ3n) is 7.80. The minimum atomic E-state index is -1.12. The maximum absolute atomic E-state index is 14.3. The van der Waals surface area contributed by atoms with Crippen molar-refractivity contribution in [2.75, 3.05) is 6.54 Å². The summed E-state index contributed by atoms with van der Waals surface area (Å²) in [5, 5.41) is 11.0. The summed E-state index contributed by atoms with van der Waals surface area (Å²) in [7, 11) is 0. The molecule has 4 atom stereocenters. The first-order chi connectivity index (χ1) is 17.5. The molecule has 1 aliphatic heterocycles. The fourth-order valence-corrected chi connectivity index (χ4v) is 6.17. The number of carboxylic acids is 1. The average Bonchev–Trinajstić information content (AvgIpc) is 3.67. The summed E-state index contributed by atoms with van der Waals surface area (Å²) >= 11 is 12.6. The second-order valence-electron chi connectivity index (χ2n) is 10.7. The summed E-state index contributed by atoms with van der Waals surface area (Å²) in [5.41, 5.74) is 0.747. The van der Waals surface area contributed by atoms with Gasteiger partial charge in [-0.25, -0.2) is 0 Å². The Morgan fingerprint density at radius 2 is 1.78 bits per heavy atom. The van der Waals surface area contributed by atoms with Crippen molar-refractivity contribution in [3.05, 3.63) is 69.7 Å². The normalized spacial score (nSPS) is 24.6. The average molecular weight is 546 g/mol. The fourth-order valence-electron chi connectivity index (χ4n) is 5.84. The van der Waals surface area contributed by atoms with Gasteiger partial charge >= 0.3 is 5.97 Å². The van der Waals surface area contributed by atoms with Crippen molar-refractivity contribution in [1.82, 2.24) is 9.80 Å². The number of carbonyl (C=O) groups excluding carboxylic acids is 2. The van der Waals surface area contributed by atoms with Crippen molar-refractivity contribution < 1.29 is 19.5 Å². The fraction of sp³-hybridized carbons (Fsp3) is 0.483. The quantitative estimate of drug-likeness (QED) is 0.400. The van der Waals surface area contributed by atoms with Gasteiger partial charge in [0, 0.05) is 41.5 Å². The number of amides is 2. The van der Waals surface area contributed by atoms with E-state index in [1.54, 1.807) is 19.9 Å². The standard InChI is InChI=1S/C29H34Cl2N2O4/c1-4-23(17-32(18(2)34)24-12-13-24)33-27(19-8-10-21(30)11-9-19)25(20-6-5-7-22(31)14-20)15-29(3,28(33)37)16-26(35)36/h5-11,14,23-25,27H,4,12-13,15-17H2,1-3H3,(H,35,36)/t23-,25+,27+,29+/m0/s1. The first kappa shape index (κ1) is 27.5. The van der Waals surface area contributed by atoms with Crippen LogP contribution in [0, 0.1) is 5.41 Å². The van der Waals surface area contributed by atoms with Crippen LogP contribution in [0.2, 0.25) is 10.0 Å². The van der Waals surface area contributed by atoms with Gasteiger partial charge in [0.1, 0.15) is 0 Å². The number of halogens is 2. The molecule has 1 aliphatic carbocycles. The smallest absolute Gasteiger partial charge is 0.304 e. The molecule has 2 fully saturated rings. The second kappa shape index (κ2) is 11.0. The monoisotopic (exact) mass is 544 g/mol. The molecule has 0 spiro atoms. The van der Waals surface area contributed by atoms with E-state index in [1.807, 2.05) is 59.2 Å². The minimum Gasteiger partial charge on any atom is -0.481 e. The first-order valence-electron chi connectivity index (χ1n) is 12.9. The molecule has 37 heavy (non-hydrogen) atoms. The zero-order valence-corrected chi connectivity index (χ0v) is 23.0. The van der Waals surface area contributed by atoms with Crippen LogP contribution < -0.4 is 0 Å². The van der Waals surface area contributed by atoms with Crippen LogP contribution >= 0.6 is 23.2 Å². The lowest BCUT2D eigenvalue weighted by Crippen LogP contribution is -2.58. The van der Waals surface area contributed by atoms with Crippen LogP contribution in [0.25, 0.3) is 0 Å². The maximum Gasteiger partial charge on any atom is 0.304 e. The molecule has 1 saturated heterocycles. The molecule has 0 unspecified atom stereocenters. The molecular formula is C29H34Cl2N2O4. The Morgan fingerprint density at radius 3 is 2.32 bits per heavy atom. The predicted molar refractivity (Wildman–Crippen MR) is 145 cm³/mol. The van der Waals surface area contributed by atoms with E-state index in [4.69, 9.17) is 23.2 Å². The van der Waals surface area contributed by atoms with Gasteiger partial charge in [0.25, 0.3) is 0 Å². The van der Waals surface area contributed by atoms with Gasteiger partial charge in [-0.05, 0) is 61.1 Å². The number of carboxylic acid groups (broad SMARTS) is 1. The Bertz CT molecular complexity index is 1170. The van der Waals surface area contributed by atoms with Gasteiger partial charge in [0.15, 0.2) is 0 Å². The third kappa shape index (κ3) is 5.96. The van der Waals surface area contributed by atoms with Crippen molar-refractivity contribution in [1.29, 1.82) is 0 Å². The SMILES string of the molecule is CC[C@@H](CN(C(C)=O)C1CC1)N1C(=O)[C@@](C)(CC(=O)O)C[C@H](c2cccc(Cl)c2)[C@H]1c1ccc(Cl)cc1. The summed E-state index contributed by atoms with van der Waals surface area (Å²) in [5.74, 6) is -1.42. The van der Waals surface area contributed by atoms with E-state index < -0.39 is 11.4 Å². The van der Waals surface area contributed by atoms with Crippen LogP contribution in [0.5, 0.6) is 0 Å². The molecule has 6 nitrogen and oxygen atoms in total. The van der Waals surface area contributed by atoms with Crippen LogP contribution in [-0.4, -0.2) is 51.3 Å². The molecule has 2 aromatic carbocycles. The molecule has 0 bridgehead atoms. The van der Waals surface area contributed by atoms with Crippen molar-refractivity contribution in [2.24, 2.45) is 5.41 Å². The van der Waals surface area contributed by atoms with Gasteiger partial charge in [-0.3, -0.25) is 14.4 Å². The number of likely N-dealkylation sites (tertiary alicyclic amines) is 1. The molecular weight excluding hydrogens is 511 g/mol. The lowest BCUT2D eigenvalue weighted by Gasteiger charge is -2.52. The van der Waals surface area contributed by atoms with E-state index in [2.05, 4.69) is 0 Å². The van der Waals surface area contributed by atoms with Crippen LogP contribution in [-0.2, 0) is 14.4 Å². The first-order valence-corrected chi connectivity index (χ1v) is 13.6. The number of carbonyl (C=O) groups is 3. The van der Waals surface area contributed by atoms with Crippen molar-refractivity contribution in [2.45, 2.75) is 76.9 Å². The number of nitrogens with zero attached hydrogens (tertiary/aromatic N) is 2. The van der Waals surface area contributed by atoms with E-state index in [9.17, 15) is 19.5 Å². The number of aliphatic carboxylic acids is 1. The minimum absolute atomic E-state index is 0.00635. The number of hydrogen-bond acceptors (Lipinski definition) is 3. The summed E-state index contributed by atoms with van der Waals surface area (Å²) in [4.78, 5) is 42.6. The lowest BCUT2D eigenvalue weighted by molar-refractivity contribution is -0.161. The highest BCUT2D eigenvalue weighted by Crippen LogP contribution is 2.52. The largest absolute Gasteiger partial charge is 0.481 e. The lowest BCUT2D eigenvalue weighted by atomic mass is 9.67. The van der Waals surface area contributed by atoms with Crippen LogP contribution in [0.3, 0.4) is 0 Å². The van der Waals surface area contributed by atoms with Gasteiger partial charge < -0.3 is 14.9 Å². The number of piperidine rings is 1. The van der Waals surface area contributed by atoms with Crippen molar-refractivity contribution in [3.8, 4) is 0 Å². The molecule has 198 valence electrons. The molecule has 1 heterocycles. The third-order valence-corrected chi connectivity index (χ3v) is 8.28. The Labute approximate surface area is 228 Å². The highest BCUT2D eigenvalue weighted by atomic mass is 35.5. The summed E-state index contributed by atoms with van der Waals surface area (Å²) < 4.78 is 0. The zero-order valence-electron chi connectivity index (χ0n) is 21.5. The molecule has 2 aromatic rings. The Morgan fingerprint density at radius 1 is 1.11 bits per heavy atom. The van der Waals surface area contributed by atoms with Gasteiger partial charge in [-0.2, -0.15) is 0 Å². The summed E-state index contributed by atoms with van der Waals surface area (Å²) in [6.07, 6.45) is 2.64. The summed E-state index contributed by atoms with van der Waals surface area (Å²) in [6, 6.07) is 14.6.